The fourth-order valence-corrected chi connectivity index (χ4v) is 2.74. The van der Waals surface area contributed by atoms with Gasteiger partial charge in [0, 0.05) is 17.6 Å². The molecule has 90 valence electrons. The predicted molar refractivity (Wildman–Crippen MR) is 73.0 cm³/mol. The molecule has 1 aliphatic rings. The van der Waals surface area contributed by atoms with Crippen molar-refractivity contribution in [2.24, 2.45) is 0 Å². The molecule has 0 saturated carbocycles. The van der Waals surface area contributed by atoms with Crippen LogP contribution in [0.2, 0.25) is 0 Å². The number of rotatable bonds is 2. The molecule has 3 nitrogen and oxygen atoms in total. The van der Waals surface area contributed by atoms with Crippen LogP contribution in [0.4, 0.5) is 5.69 Å². The van der Waals surface area contributed by atoms with Crippen molar-refractivity contribution in [3.05, 3.63) is 28.7 Å². The van der Waals surface area contributed by atoms with Gasteiger partial charge in [0.15, 0.2) is 0 Å². The predicted octanol–water partition coefficient (Wildman–Crippen LogP) is 2.53. The summed E-state index contributed by atoms with van der Waals surface area (Å²) >= 11 is 3.59. The molecule has 1 atom stereocenters. The van der Waals surface area contributed by atoms with E-state index < -0.39 is 0 Å². The van der Waals surface area contributed by atoms with Gasteiger partial charge in [-0.25, -0.2) is 0 Å². The van der Waals surface area contributed by atoms with Crippen LogP contribution in [0, 0.1) is 11.3 Å². The minimum absolute atomic E-state index is 0.265. The van der Waals surface area contributed by atoms with Crippen LogP contribution < -0.4 is 10.2 Å². The Labute approximate surface area is 111 Å². The lowest BCUT2D eigenvalue weighted by Gasteiger charge is -2.31. The highest BCUT2D eigenvalue weighted by atomic mass is 79.9. The van der Waals surface area contributed by atoms with E-state index in [2.05, 4.69) is 44.3 Å². The molecule has 0 amide bonds. The molecule has 1 aromatic rings. The highest BCUT2D eigenvalue weighted by molar-refractivity contribution is 9.10. The fourth-order valence-electron chi connectivity index (χ4n) is 2.23. The van der Waals surface area contributed by atoms with E-state index in [0.717, 1.165) is 30.5 Å². The molecule has 1 unspecified atom stereocenters. The Morgan fingerprint density at radius 2 is 2.29 bits per heavy atom. The highest BCUT2D eigenvalue weighted by Gasteiger charge is 2.22. The Balaban J connectivity index is 2.26. The zero-order valence-corrected chi connectivity index (χ0v) is 11.3. The zero-order chi connectivity index (χ0) is 12.1. The van der Waals surface area contributed by atoms with Crippen molar-refractivity contribution in [3.63, 3.8) is 0 Å². The number of para-hydroxylation sites is 1. The Morgan fingerprint density at radius 3 is 3.06 bits per heavy atom. The van der Waals surface area contributed by atoms with Gasteiger partial charge in [0.05, 0.1) is 24.2 Å². The molecule has 1 heterocycles. The summed E-state index contributed by atoms with van der Waals surface area (Å²) in [4.78, 5) is 2.34. The normalized spacial score (nSPS) is 20.7. The van der Waals surface area contributed by atoms with Crippen molar-refractivity contribution in [1.29, 1.82) is 5.26 Å². The highest BCUT2D eigenvalue weighted by Crippen LogP contribution is 2.28. The second-order valence-corrected chi connectivity index (χ2v) is 5.07. The van der Waals surface area contributed by atoms with E-state index in [1.54, 1.807) is 0 Å². The molecule has 2 rings (SSSR count). The van der Waals surface area contributed by atoms with E-state index in [-0.39, 0.29) is 6.04 Å². The molecule has 0 spiro atoms. The third-order valence-electron chi connectivity index (χ3n) is 3.06. The van der Waals surface area contributed by atoms with Crippen LogP contribution in [0.1, 0.15) is 12.8 Å². The fraction of sp³-hybridized carbons (Fsp3) is 0.462. The molecule has 1 saturated heterocycles. The number of nitrogens with zero attached hydrogens (tertiary/aromatic N) is 2. The monoisotopic (exact) mass is 293 g/mol. The summed E-state index contributed by atoms with van der Waals surface area (Å²) in [7, 11) is 0. The maximum atomic E-state index is 8.93. The number of nitriles is 1. The van der Waals surface area contributed by atoms with Gasteiger partial charge in [-0.1, -0.05) is 12.1 Å². The smallest absolute Gasteiger partial charge is 0.0643 e. The summed E-state index contributed by atoms with van der Waals surface area (Å²) in [5.41, 5.74) is 1.19. The summed E-state index contributed by atoms with van der Waals surface area (Å²) in [6.07, 6.45) is 1.68. The summed E-state index contributed by atoms with van der Waals surface area (Å²) in [6, 6.07) is 10.8. The number of nitrogens with one attached hydrogen (secondary N) is 1. The van der Waals surface area contributed by atoms with Gasteiger partial charge < -0.3 is 10.2 Å². The minimum atomic E-state index is 0.265. The first-order valence-electron chi connectivity index (χ1n) is 5.92. The first-order chi connectivity index (χ1) is 8.33. The summed E-state index contributed by atoms with van der Waals surface area (Å²) in [5.74, 6) is 0. The van der Waals surface area contributed by atoms with Crippen LogP contribution in [0.25, 0.3) is 0 Å². The van der Waals surface area contributed by atoms with E-state index in [9.17, 15) is 0 Å². The van der Waals surface area contributed by atoms with Gasteiger partial charge in [-0.3, -0.25) is 0 Å². The topological polar surface area (TPSA) is 39.1 Å². The lowest BCUT2D eigenvalue weighted by atomic mass is 10.1. The minimum Gasteiger partial charge on any atom is -0.365 e. The van der Waals surface area contributed by atoms with Crippen LogP contribution >= 0.6 is 15.9 Å². The maximum Gasteiger partial charge on any atom is 0.0643 e. The molecule has 0 radical (unpaired) electrons. The molecular formula is C13H16BrN3. The Morgan fingerprint density at radius 1 is 1.47 bits per heavy atom. The van der Waals surface area contributed by atoms with E-state index in [1.807, 2.05) is 12.1 Å². The lowest BCUT2D eigenvalue weighted by molar-refractivity contribution is 0.596. The van der Waals surface area contributed by atoms with Crippen LogP contribution in [-0.2, 0) is 0 Å². The van der Waals surface area contributed by atoms with Crippen molar-refractivity contribution >= 4 is 21.6 Å². The molecule has 1 aliphatic heterocycles. The Bertz CT molecular complexity index is 413. The average molecular weight is 294 g/mol. The molecular weight excluding hydrogens is 278 g/mol. The molecule has 17 heavy (non-hydrogen) atoms. The summed E-state index contributed by atoms with van der Waals surface area (Å²) < 4.78 is 1.10. The second-order valence-electron chi connectivity index (χ2n) is 4.22. The average Bonchev–Trinajstić information content (AvgIpc) is 2.56. The molecule has 1 aromatic carbocycles. The van der Waals surface area contributed by atoms with E-state index in [0.29, 0.717) is 6.42 Å². The van der Waals surface area contributed by atoms with E-state index in [4.69, 9.17) is 5.26 Å². The van der Waals surface area contributed by atoms with Gasteiger partial charge in [0.25, 0.3) is 0 Å². The molecule has 0 aliphatic carbocycles. The number of hydrogen-bond donors (Lipinski definition) is 1. The summed E-state index contributed by atoms with van der Waals surface area (Å²) in [5, 5.41) is 12.3. The molecule has 1 N–H and O–H groups in total. The Hall–Kier alpha value is -1.05. The van der Waals surface area contributed by atoms with Gasteiger partial charge in [-0.05, 0) is 41.0 Å². The van der Waals surface area contributed by atoms with Gasteiger partial charge >= 0.3 is 0 Å². The molecule has 0 aromatic heterocycles. The third kappa shape index (κ3) is 2.99. The first-order valence-corrected chi connectivity index (χ1v) is 6.71. The lowest BCUT2D eigenvalue weighted by Crippen LogP contribution is -2.39. The zero-order valence-electron chi connectivity index (χ0n) is 9.69. The third-order valence-corrected chi connectivity index (χ3v) is 3.73. The number of anilines is 1. The number of halogens is 1. The largest absolute Gasteiger partial charge is 0.365 e. The van der Waals surface area contributed by atoms with Crippen molar-refractivity contribution in [2.75, 3.05) is 24.5 Å². The van der Waals surface area contributed by atoms with E-state index >= 15 is 0 Å². The van der Waals surface area contributed by atoms with Gasteiger partial charge in [0.1, 0.15) is 0 Å². The van der Waals surface area contributed by atoms with Crippen LogP contribution in [0.5, 0.6) is 0 Å². The van der Waals surface area contributed by atoms with Crippen molar-refractivity contribution in [1.82, 2.24) is 5.32 Å². The second kappa shape index (κ2) is 6.04. The number of hydrogen-bond acceptors (Lipinski definition) is 3. The van der Waals surface area contributed by atoms with Crippen molar-refractivity contribution in [2.45, 2.75) is 18.9 Å². The molecule has 4 heteroatoms. The van der Waals surface area contributed by atoms with Crippen LogP contribution in [0.3, 0.4) is 0 Å². The first kappa shape index (κ1) is 12.4. The maximum absolute atomic E-state index is 8.93. The van der Waals surface area contributed by atoms with Crippen molar-refractivity contribution in [3.8, 4) is 6.07 Å². The van der Waals surface area contributed by atoms with Gasteiger partial charge in [-0.15, -0.1) is 0 Å². The number of benzene rings is 1. The SMILES string of the molecule is N#CCC1CNCCCN1c1ccccc1Br. The van der Waals surface area contributed by atoms with E-state index in [1.165, 1.54) is 5.69 Å². The van der Waals surface area contributed by atoms with Crippen LogP contribution in [0.15, 0.2) is 28.7 Å². The van der Waals surface area contributed by atoms with Crippen LogP contribution in [-0.4, -0.2) is 25.7 Å². The van der Waals surface area contributed by atoms with Gasteiger partial charge in [-0.2, -0.15) is 5.26 Å². The molecule has 1 fully saturated rings. The quantitative estimate of drug-likeness (QED) is 0.911. The van der Waals surface area contributed by atoms with Gasteiger partial charge in [0.2, 0.25) is 0 Å². The standard InChI is InChI=1S/C13H16BrN3/c14-12-4-1-2-5-13(12)17-9-3-8-16-10-11(17)6-7-15/h1-2,4-5,11,16H,3,6,8-10H2. The van der Waals surface area contributed by atoms with Crippen molar-refractivity contribution < 1.29 is 0 Å². The Kier molecular flexibility index (Phi) is 4.41. The molecule has 0 bridgehead atoms. The summed E-state index contributed by atoms with van der Waals surface area (Å²) in [6.45, 7) is 2.92.